The molecule has 0 amide bonds. The topological polar surface area (TPSA) is 49.8 Å². The third kappa shape index (κ3) is 20.6. The number of fused-ring (bicyclic) bond motifs is 5. The Labute approximate surface area is 418 Å². The van der Waals surface area contributed by atoms with Crippen molar-refractivity contribution in [1.82, 2.24) is 4.90 Å². The van der Waals surface area contributed by atoms with Crippen molar-refractivity contribution in [3.8, 4) is 0 Å². The molecule has 1 N–H and O–H groups in total. The number of rotatable bonds is 40. The molecule has 0 aromatic carbocycles. The minimum atomic E-state index is 0.0405. The number of nitrogens with zero attached hydrogens (tertiary/aromatic N) is 1. The lowest BCUT2D eigenvalue weighted by Crippen LogP contribution is -2.51. The Kier molecular flexibility index (Phi) is 29.5. The first-order valence-corrected chi connectivity index (χ1v) is 30.8. The summed E-state index contributed by atoms with van der Waals surface area (Å²) < 4.78 is 6.26. The molecule has 0 aliphatic heterocycles. The van der Waals surface area contributed by atoms with Crippen molar-refractivity contribution in [3.63, 3.8) is 0 Å². The number of hydrogen-bond donors (Lipinski definition) is 1. The molecule has 0 spiro atoms. The van der Waals surface area contributed by atoms with Crippen molar-refractivity contribution in [2.75, 3.05) is 26.2 Å². The molecule has 0 heterocycles. The van der Waals surface area contributed by atoms with Crippen molar-refractivity contribution >= 4 is 5.97 Å². The SMILES string of the molecule is CCCCCCCCCCC(CCCCCCCCCC)CCCCCN(CCCCO)CCCCCC(=O)OC1CCC2(C)C(=CCC3C2CCC2(C)C(C(C)CCCC(C)C)CCC32)C1. The summed E-state index contributed by atoms with van der Waals surface area (Å²) in [7, 11) is 0. The van der Waals surface area contributed by atoms with Crippen LogP contribution in [0.15, 0.2) is 11.6 Å². The second-order valence-corrected chi connectivity index (χ2v) is 25.0. The first-order chi connectivity index (χ1) is 32.5. The van der Waals surface area contributed by atoms with E-state index in [2.05, 4.69) is 59.4 Å². The number of carbonyl (C=O) groups excluding carboxylic acids is 1. The van der Waals surface area contributed by atoms with Crippen LogP contribution < -0.4 is 0 Å². The summed E-state index contributed by atoms with van der Waals surface area (Å²) in [6, 6.07) is 0. The monoisotopic (exact) mass is 936 g/mol. The molecule has 0 radical (unpaired) electrons. The van der Waals surface area contributed by atoms with Gasteiger partial charge in [0.1, 0.15) is 6.10 Å². The number of aliphatic hydroxyl groups is 1. The van der Waals surface area contributed by atoms with Gasteiger partial charge in [0.15, 0.2) is 0 Å². The average Bonchev–Trinajstić information content (AvgIpc) is 3.67. The maximum Gasteiger partial charge on any atom is 0.306 e. The van der Waals surface area contributed by atoms with Crippen LogP contribution in [-0.2, 0) is 9.53 Å². The van der Waals surface area contributed by atoms with Crippen molar-refractivity contribution in [3.05, 3.63) is 11.6 Å². The molecule has 0 saturated heterocycles. The van der Waals surface area contributed by atoms with Crippen molar-refractivity contribution in [2.24, 2.45) is 52.3 Å². The maximum atomic E-state index is 13.2. The first-order valence-electron chi connectivity index (χ1n) is 30.8. The highest BCUT2D eigenvalue weighted by molar-refractivity contribution is 5.69. The lowest BCUT2D eigenvalue weighted by molar-refractivity contribution is -0.151. The Hall–Kier alpha value is -0.870. The van der Waals surface area contributed by atoms with Gasteiger partial charge in [0.05, 0.1) is 0 Å². The van der Waals surface area contributed by atoms with E-state index in [4.69, 9.17) is 4.74 Å². The summed E-state index contributed by atoms with van der Waals surface area (Å²) in [5.41, 5.74) is 2.48. The summed E-state index contributed by atoms with van der Waals surface area (Å²) >= 11 is 0. The number of carbonyl (C=O) groups is 1. The zero-order chi connectivity index (χ0) is 48.2. The third-order valence-electron chi connectivity index (χ3n) is 19.3. The van der Waals surface area contributed by atoms with E-state index in [-0.39, 0.29) is 12.1 Å². The highest BCUT2D eigenvalue weighted by Gasteiger charge is 2.59. The van der Waals surface area contributed by atoms with E-state index in [1.54, 1.807) is 5.57 Å². The summed E-state index contributed by atoms with van der Waals surface area (Å²) in [6.45, 7) is 21.0. The highest BCUT2D eigenvalue weighted by atomic mass is 16.5. The number of esters is 1. The number of unbranched alkanes of at least 4 members (excludes halogenated alkanes) is 19. The molecule has 4 aliphatic rings. The molecule has 3 saturated carbocycles. The van der Waals surface area contributed by atoms with Gasteiger partial charge in [-0.15, -0.1) is 0 Å². The van der Waals surface area contributed by atoms with Crippen LogP contribution in [-0.4, -0.2) is 48.3 Å². The van der Waals surface area contributed by atoms with Gasteiger partial charge in [0, 0.05) is 19.4 Å². The number of aliphatic hydroxyl groups excluding tert-OH is 1. The fraction of sp³-hybridized carbons (Fsp3) is 0.952. The van der Waals surface area contributed by atoms with E-state index in [1.165, 1.54) is 206 Å². The van der Waals surface area contributed by atoms with Gasteiger partial charge in [-0.1, -0.05) is 221 Å². The number of allylic oxidation sites excluding steroid dienone is 1. The molecular weight excluding hydrogens is 819 g/mol. The Balaban J connectivity index is 1.12. The fourth-order valence-electron chi connectivity index (χ4n) is 15.1. The van der Waals surface area contributed by atoms with Crippen LogP contribution >= 0.6 is 0 Å². The van der Waals surface area contributed by atoms with Gasteiger partial charge in [-0.05, 0) is 149 Å². The van der Waals surface area contributed by atoms with Crippen LogP contribution in [0.2, 0.25) is 0 Å². The molecule has 0 aromatic heterocycles. The minimum Gasteiger partial charge on any atom is -0.462 e. The fourth-order valence-corrected chi connectivity index (χ4v) is 15.1. The van der Waals surface area contributed by atoms with Gasteiger partial charge >= 0.3 is 5.97 Å². The maximum absolute atomic E-state index is 13.2. The number of hydrogen-bond acceptors (Lipinski definition) is 4. The molecular formula is C63H117NO3. The quantitative estimate of drug-likeness (QED) is 0.0378. The van der Waals surface area contributed by atoms with Crippen molar-refractivity contribution in [1.29, 1.82) is 0 Å². The Morgan fingerprint density at radius 2 is 1.18 bits per heavy atom. The van der Waals surface area contributed by atoms with E-state index < -0.39 is 0 Å². The number of ether oxygens (including phenoxy) is 1. The molecule has 67 heavy (non-hydrogen) atoms. The Morgan fingerprint density at radius 3 is 1.76 bits per heavy atom. The lowest BCUT2D eigenvalue weighted by atomic mass is 9.47. The first kappa shape index (κ1) is 58.7. The second kappa shape index (κ2) is 33.7. The summed E-state index contributed by atoms with van der Waals surface area (Å²) in [5.74, 6) is 6.15. The lowest BCUT2D eigenvalue weighted by Gasteiger charge is -2.58. The van der Waals surface area contributed by atoms with Gasteiger partial charge in [0.25, 0.3) is 0 Å². The molecule has 3 fully saturated rings. The Bertz CT molecular complexity index is 1270. The summed E-state index contributed by atoms with van der Waals surface area (Å²) in [4.78, 5) is 15.9. The molecule has 392 valence electrons. The molecule has 4 heteroatoms. The highest BCUT2D eigenvalue weighted by Crippen LogP contribution is 2.67. The molecule has 8 unspecified atom stereocenters. The molecule has 0 aromatic rings. The van der Waals surface area contributed by atoms with Crippen molar-refractivity contribution in [2.45, 2.75) is 305 Å². The van der Waals surface area contributed by atoms with Gasteiger partial charge in [-0.25, -0.2) is 0 Å². The van der Waals surface area contributed by atoms with E-state index in [0.717, 1.165) is 99.5 Å². The van der Waals surface area contributed by atoms with E-state index in [1.807, 2.05) is 0 Å². The molecule has 4 rings (SSSR count). The minimum absolute atomic E-state index is 0.0405. The standard InChI is InChI=1S/C63H117NO3/c1-8-10-12-14-16-18-20-24-35-54(36-25-21-19-17-15-13-11-9-2)37-26-22-28-47-64(49-30-31-50-65)48-29-23-27-38-61(66)67-56-43-45-62(6)55(51-56)39-40-57-59-42-41-58(53(5)34-32-33-52(3)4)63(59,7)46-44-60(57)62/h39,52-54,56-60,65H,8-38,40-51H2,1-7H3. The van der Waals surface area contributed by atoms with Crippen LogP contribution in [0, 0.1) is 52.3 Å². The van der Waals surface area contributed by atoms with Gasteiger partial charge in [-0.2, -0.15) is 0 Å². The summed E-state index contributed by atoms with van der Waals surface area (Å²) in [5, 5.41) is 9.51. The van der Waals surface area contributed by atoms with E-state index >= 15 is 0 Å². The van der Waals surface area contributed by atoms with E-state index in [0.29, 0.717) is 23.9 Å². The van der Waals surface area contributed by atoms with Crippen LogP contribution in [0.1, 0.15) is 299 Å². The average molecular weight is 937 g/mol. The molecule has 8 atom stereocenters. The van der Waals surface area contributed by atoms with Gasteiger partial charge in [-0.3, -0.25) is 4.79 Å². The zero-order valence-electron chi connectivity index (χ0n) is 46.3. The smallest absolute Gasteiger partial charge is 0.306 e. The normalized spacial score (nSPS) is 26.5. The van der Waals surface area contributed by atoms with Crippen LogP contribution in [0.3, 0.4) is 0 Å². The molecule has 0 bridgehead atoms. The zero-order valence-corrected chi connectivity index (χ0v) is 46.3. The van der Waals surface area contributed by atoms with E-state index in [9.17, 15) is 9.90 Å². The van der Waals surface area contributed by atoms with Gasteiger partial charge < -0.3 is 14.7 Å². The second-order valence-electron chi connectivity index (χ2n) is 25.0. The molecule has 4 nitrogen and oxygen atoms in total. The van der Waals surface area contributed by atoms with Crippen LogP contribution in [0.25, 0.3) is 0 Å². The predicted octanol–water partition coefficient (Wildman–Crippen LogP) is 18.8. The van der Waals surface area contributed by atoms with Crippen LogP contribution in [0.5, 0.6) is 0 Å². The molecule has 4 aliphatic carbocycles. The van der Waals surface area contributed by atoms with Crippen molar-refractivity contribution < 1.29 is 14.6 Å². The summed E-state index contributed by atoms with van der Waals surface area (Å²) in [6.07, 6.45) is 54.2. The largest absolute Gasteiger partial charge is 0.462 e. The Morgan fingerprint density at radius 1 is 0.627 bits per heavy atom. The third-order valence-corrected chi connectivity index (χ3v) is 19.3. The predicted molar refractivity (Wildman–Crippen MR) is 291 cm³/mol. The van der Waals surface area contributed by atoms with Gasteiger partial charge in [0.2, 0.25) is 0 Å². The van der Waals surface area contributed by atoms with Crippen LogP contribution in [0.4, 0.5) is 0 Å².